The molecule has 0 aliphatic carbocycles. The van der Waals surface area contributed by atoms with E-state index in [9.17, 15) is 0 Å². The maximum atomic E-state index is 5.72. The fourth-order valence-corrected chi connectivity index (χ4v) is 2.94. The minimum atomic E-state index is -0.141. The molecule has 2 rings (SSSR count). The molecule has 1 aromatic carbocycles. The molecule has 2 atom stereocenters. The summed E-state index contributed by atoms with van der Waals surface area (Å²) in [6.07, 6.45) is 5.98. The Balaban J connectivity index is 1.95. The summed E-state index contributed by atoms with van der Waals surface area (Å²) in [5.74, 6) is 0. The van der Waals surface area contributed by atoms with Gasteiger partial charge in [-0.25, -0.2) is 0 Å². The van der Waals surface area contributed by atoms with Crippen molar-refractivity contribution in [2.45, 2.75) is 50.7 Å². The molecule has 1 aliphatic heterocycles. The molecule has 1 N–H and O–H groups in total. The van der Waals surface area contributed by atoms with Crippen LogP contribution in [0.5, 0.6) is 0 Å². The van der Waals surface area contributed by atoms with E-state index in [-0.39, 0.29) is 5.60 Å². The quantitative estimate of drug-likeness (QED) is 0.704. The molecule has 0 aromatic heterocycles. The van der Waals surface area contributed by atoms with E-state index in [1.165, 1.54) is 31.2 Å². The Morgan fingerprint density at radius 2 is 2.10 bits per heavy atom. The summed E-state index contributed by atoms with van der Waals surface area (Å²) >= 11 is 0. The van der Waals surface area contributed by atoms with Gasteiger partial charge in [0.25, 0.3) is 0 Å². The first-order valence-corrected chi connectivity index (χ1v) is 8.21. The third kappa shape index (κ3) is 4.80. The molecule has 1 fully saturated rings. The Kier molecular flexibility index (Phi) is 6.68. The van der Waals surface area contributed by atoms with Crippen molar-refractivity contribution in [3.63, 3.8) is 0 Å². The molecule has 0 spiro atoms. The summed E-state index contributed by atoms with van der Waals surface area (Å²) in [6.45, 7) is 4.62. The SMILES string of the molecule is CCCCCC(NCC1(OC)CCOC1)c1ccccc1. The van der Waals surface area contributed by atoms with E-state index in [1.54, 1.807) is 7.11 Å². The van der Waals surface area contributed by atoms with Crippen LogP contribution < -0.4 is 5.32 Å². The highest BCUT2D eigenvalue weighted by Crippen LogP contribution is 2.25. The summed E-state index contributed by atoms with van der Waals surface area (Å²) in [6, 6.07) is 11.2. The number of hydrogen-bond acceptors (Lipinski definition) is 3. The lowest BCUT2D eigenvalue weighted by Crippen LogP contribution is -2.44. The smallest absolute Gasteiger partial charge is 0.106 e. The predicted molar refractivity (Wildman–Crippen MR) is 86.5 cm³/mol. The van der Waals surface area contributed by atoms with E-state index in [1.807, 2.05) is 0 Å². The van der Waals surface area contributed by atoms with Crippen LogP contribution in [0.4, 0.5) is 0 Å². The molecule has 1 heterocycles. The van der Waals surface area contributed by atoms with Crippen molar-refractivity contribution in [3.8, 4) is 0 Å². The first kappa shape index (κ1) is 16.5. The van der Waals surface area contributed by atoms with Gasteiger partial charge in [0.05, 0.1) is 6.61 Å². The van der Waals surface area contributed by atoms with E-state index in [0.29, 0.717) is 12.6 Å². The average molecular weight is 291 g/mol. The van der Waals surface area contributed by atoms with Crippen molar-refractivity contribution in [2.75, 3.05) is 26.9 Å². The topological polar surface area (TPSA) is 30.5 Å². The molecule has 0 radical (unpaired) electrons. The van der Waals surface area contributed by atoms with E-state index in [4.69, 9.17) is 9.47 Å². The van der Waals surface area contributed by atoms with Crippen LogP contribution in [-0.2, 0) is 9.47 Å². The molecule has 0 amide bonds. The Labute approximate surface area is 129 Å². The lowest BCUT2D eigenvalue weighted by Gasteiger charge is -2.29. The third-order valence-corrected chi connectivity index (χ3v) is 4.47. The predicted octanol–water partition coefficient (Wildman–Crippen LogP) is 3.70. The average Bonchev–Trinajstić information content (AvgIpc) is 3.01. The highest BCUT2D eigenvalue weighted by atomic mass is 16.5. The van der Waals surface area contributed by atoms with Crippen molar-refractivity contribution in [1.82, 2.24) is 5.32 Å². The molecule has 0 saturated carbocycles. The van der Waals surface area contributed by atoms with Crippen molar-refractivity contribution in [1.29, 1.82) is 0 Å². The summed E-state index contributed by atoms with van der Waals surface area (Å²) < 4.78 is 11.2. The van der Waals surface area contributed by atoms with Crippen LogP contribution in [0.2, 0.25) is 0 Å². The zero-order valence-electron chi connectivity index (χ0n) is 13.4. The molecule has 1 saturated heterocycles. The molecule has 0 bridgehead atoms. The fourth-order valence-electron chi connectivity index (χ4n) is 2.94. The maximum Gasteiger partial charge on any atom is 0.106 e. The van der Waals surface area contributed by atoms with E-state index < -0.39 is 0 Å². The van der Waals surface area contributed by atoms with Gasteiger partial charge < -0.3 is 14.8 Å². The summed E-state index contributed by atoms with van der Waals surface area (Å²) in [5.41, 5.74) is 1.23. The second-order valence-electron chi connectivity index (χ2n) is 6.03. The minimum Gasteiger partial charge on any atom is -0.378 e. The molecule has 2 unspecified atom stereocenters. The van der Waals surface area contributed by atoms with Crippen molar-refractivity contribution in [2.24, 2.45) is 0 Å². The van der Waals surface area contributed by atoms with Crippen LogP contribution in [0.3, 0.4) is 0 Å². The van der Waals surface area contributed by atoms with E-state index in [0.717, 1.165) is 19.6 Å². The van der Waals surface area contributed by atoms with Gasteiger partial charge in [-0.1, -0.05) is 56.5 Å². The highest BCUT2D eigenvalue weighted by Gasteiger charge is 2.35. The molecule has 3 heteroatoms. The number of methoxy groups -OCH3 is 1. The van der Waals surface area contributed by atoms with Crippen LogP contribution >= 0.6 is 0 Å². The fraction of sp³-hybridized carbons (Fsp3) is 0.667. The van der Waals surface area contributed by atoms with Gasteiger partial charge in [-0.3, -0.25) is 0 Å². The first-order valence-electron chi connectivity index (χ1n) is 8.21. The molecular formula is C18H29NO2. The first-order chi connectivity index (χ1) is 10.3. The molecule has 1 aliphatic rings. The van der Waals surface area contributed by atoms with Gasteiger partial charge in [0.2, 0.25) is 0 Å². The van der Waals surface area contributed by atoms with Crippen LogP contribution in [0.15, 0.2) is 30.3 Å². The standard InChI is InChI=1S/C18H29NO2/c1-3-4-6-11-17(16-9-7-5-8-10-16)19-14-18(20-2)12-13-21-15-18/h5,7-10,17,19H,3-4,6,11-15H2,1-2H3. The van der Waals surface area contributed by atoms with Gasteiger partial charge in [0.15, 0.2) is 0 Å². The molecule has 21 heavy (non-hydrogen) atoms. The van der Waals surface area contributed by atoms with Crippen molar-refractivity contribution >= 4 is 0 Å². The van der Waals surface area contributed by atoms with E-state index >= 15 is 0 Å². The minimum absolute atomic E-state index is 0.141. The maximum absolute atomic E-state index is 5.72. The Morgan fingerprint density at radius 3 is 2.71 bits per heavy atom. The zero-order chi connectivity index (χ0) is 15.0. The molecular weight excluding hydrogens is 262 g/mol. The van der Waals surface area contributed by atoms with Crippen LogP contribution in [0.25, 0.3) is 0 Å². The number of rotatable bonds is 9. The molecule has 1 aromatic rings. The van der Waals surface area contributed by atoms with Gasteiger partial charge in [0.1, 0.15) is 5.60 Å². The number of ether oxygens (including phenoxy) is 2. The van der Waals surface area contributed by atoms with Crippen molar-refractivity contribution < 1.29 is 9.47 Å². The van der Waals surface area contributed by atoms with Crippen LogP contribution in [0, 0.1) is 0 Å². The largest absolute Gasteiger partial charge is 0.378 e. The van der Waals surface area contributed by atoms with Crippen LogP contribution in [-0.4, -0.2) is 32.5 Å². The third-order valence-electron chi connectivity index (χ3n) is 4.47. The molecule has 118 valence electrons. The van der Waals surface area contributed by atoms with Gasteiger partial charge in [0, 0.05) is 32.7 Å². The lowest BCUT2D eigenvalue weighted by molar-refractivity contribution is -0.0177. The number of benzene rings is 1. The molecule has 3 nitrogen and oxygen atoms in total. The summed E-state index contributed by atoms with van der Waals surface area (Å²) in [7, 11) is 1.80. The Hall–Kier alpha value is -0.900. The van der Waals surface area contributed by atoms with Gasteiger partial charge in [-0.05, 0) is 12.0 Å². The highest BCUT2D eigenvalue weighted by molar-refractivity contribution is 5.19. The number of unbranched alkanes of at least 4 members (excludes halogenated alkanes) is 2. The normalized spacial score (nSPS) is 23.3. The second-order valence-corrected chi connectivity index (χ2v) is 6.03. The second kappa shape index (κ2) is 8.52. The van der Waals surface area contributed by atoms with Crippen LogP contribution in [0.1, 0.15) is 50.6 Å². The number of nitrogens with one attached hydrogen (secondary N) is 1. The van der Waals surface area contributed by atoms with E-state index in [2.05, 4.69) is 42.6 Å². The monoisotopic (exact) mass is 291 g/mol. The van der Waals surface area contributed by atoms with Crippen molar-refractivity contribution in [3.05, 3.63) is 35.9 Å². The Bertz CT molecular complexity index is 387. The van der Waals surface area contributed by atoms with Gasteiger partial charge >= 0.3 is 0 Å². The summed E-state index contributed by atoms with van der Waals surface area (Å²) in [4.78, 5) is 0. The Morgan fingerprint density at radius 1 is 1.29 bits per heavy atom. The van der Waals surface area contributed by atoms with Gasteiger partial charge in [-0.15, -0.1) is 0 Å². The lowest BCUT2D eigenvalue weighted by atomic mass is 9.98. The number of hydrogen-bond donors (Lipinski definition) is 1. The summed E-state index contributed by atoms with van der Waals surface area (Å²) in [5, 5.41) is 3.72. The van der Waals surface area contributed by atoms with Gasteiger partial charge in [-0.2, -0.15) is 0 Å². The zero-order valence-corrected chi connectivity index (χ0v) is 13.4.